The van der Waals surface area contributed by atoms with E-state index in [9.17, 15) is 19.8 Å². The van der Waals surface area contributed by atoms with Crippen molar-refractivity contribution in [3.05, 3.63) is 24.3 Å². The van der Waals surface area contributed by atoms with Gasteiger partial charge in [0.05, 0.1) is 25.4 Å². The zero-order valence-corrected chi connectivity index (χ0v) is 56.5. The number of ether oxygens (including phenoxy) is 1. The largest absolute Gasteiger partial charge is 0.466 e. The van der Waals surface area contributed by atoms with Gasteiger partial charge in [-0.3, -0.25) is 9.59 Å². The average molecular weight is 1170 g/mol. The summed E-state index contributed by atoms with van der Waals surface area (Å²) in [6.07, 6.45) is 92.9. The highest BCUT2D eigenvalue weighted by atomic mass is 16.5. The molecular weight excluding hydrogens is 1020 g/mol. The fraction of sp³-hybridized carbons (Fsp3) is 0.922. The zero-order valence-electron chi connectivity index (χ0n) is 56.5. The van der Waals surface area contributed by atoms with Gasteiger partial charge in [-0.2, -0.15) is 0 Å². The second-order valence-corrected chi connectivity index (χ2v) is 26.3. The summed E-state index contributed by atoms with van der Waals surface area (Å²) in [5, 5.41) is 23.3. The number of amides is 1. The molecular formula is C77H149NO5. The van der Waals surface area contributed by atoms with Crippen LogP contribution in [0.1, 0.15) is 431 Å². The van der Waals surface area contributed by atoms with Crippen LogP contribution in [0.4, 0.5) is 0 Å². The monoisotopic (exact) mass is 1170 g/mol. The van der Waals surface area contributed by atoms with Crippen molar-refractivity contribution in [2.45, 2.75) is 443 Å². The first kappa shape index (κ1) is 81.3. The molecule has 6 heteroatoms. The van der Waals surface area contributed by atoms with E-state index >= 15 is 0 Å². The molecule has 492 valence electrons. The van der Waals surface area contributed by atoms with E-state index in [1.807, 2.05) is 6.08 Å². The van der Waals surface area contributed by atoms with E-state index in [0.29, 0.717) is 19.4 Å². The summed E-state index contributed by atoms with van der Waals surface area (Å²) in [5.41, 5.74) is 0. The normalized spacial score (nSPS) is 12.6. The van der Waals surface area contributed by atoms with Crippen molar-refractivity contribution >= 4 is 11.9 Å². The number of rotatable bonds is 72. The van der Waals surface area contributed by atoms with E-state index in [1.165, 1.54) is 360 Å². The quantitative estimate of drug-likeness (QED) is 0.0320. The molecule has 83 heavy (non-hydrogen) atoms. The SMILES string of the molecule is CCCC/C=C\CCCCCCCC(=O)OCCCCCCCCCCCCCCCCCCCCCCCCCCCCCCCCC(=O)NC(CO)C(O)/C=C/CCCCCCCCCCCCCCCCCCCCCCCCC. The van der Waals surface area contributed by atoms with Gasteiger partial charge < -0.3 is 20.3 Å². The summed E-state index contributed by atoms with van der Waals surface area (Å²) in [4.78, 5) is 24.6. The van der Waals surface area contributed by atoms with Crippen molar-refractivity contribution in [1.82, 2.24) is 5.32 Å². The third-order valence-corrected chi connectivity index (χ3v) is 18.0. The van der Waals surface area contributed by atoms with Crippen molar-refractivity contribution in [3.8, 4) is 0 Å². The van der Waals surface area contributed by atoms with Crippen LogP contribution in [0.3, 0.4) is 0 Å². The van der Waals surface area contributed by atoms with Crippen LogP contribution in [-0.2, 0) is 14.3 Å². The zero-order chi connectivity index (χ0) is 59.9. The maximum Gasteiger partial charge on any atom is 0.305 e. The predicted molar refractivity (Wildman–Crippen MR) is 366 cm³/mol. The van der Waals surface area contributed by atoms with Gasteiger partial charge in [0.15, 0.2) is 0 Å². The Labute approximate surface area is 520 Å². The molecule has 0 aliphatic rings. The van der Waals surface area contributed by atoms with Crippen LogP contribution in [0.2, 0.25) is 0 Å². The lowest BCUT2D eigenvalue weighted by Gasteiger charge is -2.20. The first-order valence-electron chi connectivity index (χ1n) is 38.1. The Morgan fingerprint density at radius 1 is 0.325 bits per heavy atom. The average Bonchev–Trinajstić information content (AvgIpc) is 3.49. The topological polar surface area (TPSA) is 95.9 Å². The third kappa shape index (κ3) is 69.3. The fourth-order valence-electron chi connectivity index (χ4n) is 12.2. The number of aliphatic hydroxyl groups excluding tert-OH is 2. The Kier molecular flexibility index (Phi) is 71.4. The minimum absolute atomic E-state index is 0.00943. The van der Waals surface area contributed by atoms with Crippen molar-refractivity contribution in [1.29, 1.82) is 0 Å². The van der Waals surface area contributed by atoms with Gasteiger partial charge in [0, 0.05) is 12.8 Å². The molecule has 0 fully saturated rings. The molecule has 0 aliphatic carbocycles. The van der Waals surface area contributed by atoms with Crippen LogP contribution in [-0.4, -0.2) is 47.4 Å². The lowest BCUT2D eigenvalue weighted by molar-refractivity contribution is -0.143. The van der Waals surface area contributed by atoms with Crippen molar-refractivity contribution in [2.24, 2.45) is 0 Å². The Morgan fingerprint density at radius 3 is 0.892 bits per heavy atom. The molecule has 0 aliphatic heterocycles. The van der Waals surface area contributed by atoms with Crippen molar-refractivity contribution < 1.29 is 24.5 Å². The van der Waals surface area contributed by atoms with Gasteiger partial charge in [-0.25, -0.2) is 0 Å². The molecule has 1 amide bonds. The standard InChI is InChI=1S/C77H149NO5/c1-3-5-7-9-11-13-15-16-17-18-19-20-21-28-31-34-37-40-43-46-50-53-57-61-65-69-75(80)74(73-79)78-76(81)70-66-62-58-54-51-47-44-41-38-35-32-29-26-24-22-23-25-27-30-33-36-39-42-45-48-52-56-60-64-68-72-83-77(82)71-67-63-59-55-49-14-12-10-8-6-4-2/h10,12,65,69,74-75,79-80H,3-9,11,13-64,66-68,70-73H2,1-2H3,(H,78,81)/b12-10-,69-65+. The van der Waals surface area contributed by atoms with Crippen LogP contribution in [0.25, 0.3) is 0 Å². The molecule has 0 aromatic heterocycles. The van der Waals surface area contributed by atoms with Crippen LogP contribution in [0.5, 0.6) is 0 Å². The highest BCUT2D eigenvalue weighted by Crippen LogP contribution is 2.20. The van der Waals surface area contributed by atoms with Crippen LogP contribution < -0.4 is 5.32 Å². The maximum atomic E-state index is 12.6. The van der Waals surface area contributed by atoms with Crippen LogP contribution >= 0.6 is 0 Å². The predicted octanol–water partition coefficient (Wildman–Crippen LogP) is 24.9. The molecule has 0 aromatic rings. The van der Waals surface area contributed by atoms with E-state index in [-0.39, 0.29) is 18.5 Å². The second-order valence-electron chi connectivity index (χ2n) is 26.3. The van der Waals surface area contributed by atoms with Crippen LogP contribution in [0.15, 0.2) is 24.3 Å². The number of nitrogens with one attached hydrogen (secondary N) is 1. The lowest BCUT2D eigenvalue weighted by Crippen LogP contribution is -2.45. The fourth-order valence-corrected chi connectivity index (χ4v) is 12.2. The maximum absolute atomic E-state index is 12.6. The molecule has 2 unspecified atom stereocenters. The van der Waals surface area contributed by atoms with E-state index in [1.54, 1.807) is 6.08 Å². The van der Waals surface area contributed by atoms with Crippen molar-refractivity contribution in [3.63, 3.8) is 0 Å². The molecule has 0 heterocycles. The van der Waals surface area contributed by atoms with Gasteiger partial charge >= 0.3 is 5.97 Å². The van der Waals surface area contributed by atoms with Crippen molar-refractivity contribution in [2.75, 3.05) is 13.2 Å². The molecule has 2 atom stereocenters. The molecule has 0 saturated heterocycles. The number of hydrogen-bond donors (Lipinski definition) is 3. The summed E-state index contributed by atoms with van der Waals surface area (Å²) >= 11 is 0. The highest BCUT2D eigenvalue weighted by molar-refractivity contribution is 5.76. The number of carbonyl (C=O) groups excluding carboxylic acids is 2. The van der Waals surface area contributed by atoms with Gasteiger partial charge in [0.25, 0.3) is 0 Å². The summed E-state index contributed by atoms with van der Waals surface area (Å²) in [5.74, 6) is -0.0494. The minimum Gasteiger partial charge on any atom is -0.466 e. The second kappa shape index (κ2) is 72.8. The first-order valence-corrected chi connectivity index (χ1v) is 38.1. The number of unbranched alkanes of at least 4 members (excludes halogenated alkanes) is 59. The number of esters is 1. The van der Waals surface area contributed by atoms with E-state index in [2.05, 4.69) is 31.3 Å². The summed E-state index contributed by atoms with van der Waals surface area (Å²) in [6.45, 7) is 4.91. The molecule has 0 aromatic carbocycles. The van der Waals surface area contributed by atoms with Gasteiger partial charge in [-0.15, -0.1) is 0 Å². The first-order chi connectivity index (χ1) is 41.0. The van der Waals surface area contributed by atoms with Gasteiger partial charge in [-0.1, -0.05) is 391 Å². The highest BCUT2D eigenvalue weighted by Gasteiger charge is 2.18. The molecule has 3 N–H and O–H groups in total. The summed E-state index contributed by atoms with van der Waals surface area (Å²) in [6, 6.07) is -0.626. The van der Waals surface area contributed by atoms with E-state index < -0.39 is 12.1 Å². The van der Waals surface area contributed by atoms with Crippen LogP contribution in [0, 0.1) is 0 Å². The molecule has 0 spiro atoms. The molecule has 0 bridgehead atoms. The number of carbonyl (C=O) groups is 2. The molecule has 6 nitrogen and oxygen atoms in total. The van der Waals surface area contributed by atoms with E-state index in [4.69, 9.17) is 4.74 Å². The smallest absolute Gasteiger partial charge is 0.305 e. The number of allylic oxidation sites excluding steroid dienone is 3. The summed E-state index contributed by atoms with van der Waals surface area (Å²) in [7, 11) is 0. The Morgan fingerprint density at radius 2 is 0.578 bits per heavy atom. The van der Waals surface area contributed by atoms with E-state index in [0.717, 1.165) is 44.9 Å². The molecule has 0 rings (SSSR count). The Balaban J connectivity index is 3.37. The lowest BCUT2D eigenvalue weighted by atomic mass is 10.0. The van der Waals surface area contributed by atoms with Gasteiger partial charge in [0.1, 0.15) is 0 Å². The number of aliphatic hydroxyl groups is 2. The van der Waals surface area contributed by atoms with Gasteiger partial charge in [0.2, 0.25) is 5.91 Å². The molecule has 0 saturated carbocycles. The number of hydrogen-bond acceptors (Lipinski definition) is 5. The Bertz CT molecular complexity index is 1300. The third-order valence-electron chi connectivity index (χ3n) is 18.0. The molecule has 0 radical (unpaired) electrons. The Hall–Kier alpha value is -1.66. The summed E-state index contributed by atoms with van der Waals surface area (Å²) < 4.78 is 5.47. The van der Waals surface area contributed by atoms with Gasteiger partial charge in [-0.05, 0) is 51.4 Å². The minimum atomic E-state index is -0.843.